The van der Waals surface area contributed by atoms with Gasteiger partial charge in [0.25, 0.3) is 0 Å². The van der Waals surface area contributed by atoms with Crippen molar-refractivity contribution in [3.05, 3.63) is 0 Å². The van der Waals surface area contributed by atoms with E-state index in [4.69, 9.17) is 4.74 Å². The number of fused-ring (bicyclic) bond motifs is 1. The standard InChI is InChI=1S/C10H16N2O3/c1-15-9(14)10-3-2-8(13)12-7(10)6-11-5-4-10/h7,11H,2-6H2,1H3,(H,12,13). The number of carbonyl (C=O) groups is 2. The highest BCUT2D eigenvalue weighted by Crippen LogP contribution is 2.38. The lowest BCUT2D eigenvalue weighted by atomic mass is 9.69. The summed E-state index contributed by atoms with van der Waals surface area (Å²) in [5.41, 5.74) is -0.492. The van der Waals surface area contributed by atoms with Gasteiger partial charge in [-0.3, -0.25) is 9.59 Å². The number of ether oxygens (including phenoxy) is 1. The van der Waals surface area contributed by atoms with Crippen molar-refractivity contribution >= 4 is 11.9 Å². The van der Waals surface area contributed by atoms with Crippen molar-refractivity contribution in [1.82, 2.24) is 10.6 Å². The molecule has 2 saturated heterocycles. The van der Waals surface area contributed by atoms with Crippen LogP contribution >= 0.6 is 0 Å². The zero-order valence-electron chi connectivity index (χ0n) is 8.84. The van der Waals surface area contributed by atoms with E-state index in [1.54, 1.807) is 0 Å². The summed E-state index contributed by atoms with van der Waals surface area (Å²) >= 11 is 0. The Balaban J connectivity index is 2.23. The first-order valence-electron chi connectivity index (χ1n) is 5.27. The monoisotopic (exact) mass is 212 g/mol. The molecule has 0 radical (unpaired) electrons. The zero-order valence-corrected chi connectivity index (χ0v) is 8.84. The molecule has 2 aliphatic heterocycles. The van der Waals surface area contributed by atoms with Gasteiger partial charge in [0.05, 0.1) is 18.6 Å². The third-order valence-corrected chi connectivity index (χ3v) is 3.49. The van der Waals surface area contributed by atoms with Gasteiger partial charge in [0.1, 0.15) is 0 Å². The molecule has 84 valence electrons. The molecule has 0 aliphatic carbocycles. The molecule has 5 nitrogen and oxygen atoms in total. The molecule has 1 amide bonds. The van der Waals surface area contributed by atoms with E-state index in [0.717, 1.165) is 13.0 Å². The van der Waals surface area contributed by atoms with Gasteiger partial charge >= 0.3 is 5.97 Å². The van der Waals surface area contributed by atoms with Crippen LogP contribution in [0.2, 0.25) is 0 Å². The maximum atomic E-state index is 11.8. The molecule has 0 aromatic carbocycles. The van der Waals surface area contributed by atoms with Gasteiger partial charge in [-0.2, -0.15) is 0 Å². The Morgan fingerprint density at radius 1 is 1.53 bits per heavy atom. The SMILES string of the molecule is COC(=O)C12CCNCC1NC(=O)CC2. The Hall–Kier alpha value is -1.10. The number of amides is 1. The number of hydrogen-bond acceptors (Lipinski definition) is 4. The second-order valence-electron chi connectivity index (χ2n) is 4.22. The number of esters is 1. The van der Waals surface area contributed by atoms with Gasteiger partial charge in [-0.1, -0.05) is 0 Å². The first-order valence-corrected chi connectivity index (χ1v) is 5.27. The quantitative estimate of drug-likeness (QED) is 0.571. The van der Waals surface area contributed by atoms with Crippen LogP contribution in [-0.4, -0.2) is 38.1 Å². The molecule has 0 saturated carbocycles. The van der Waals surface area contributed by atoms with Crippen LogP contribution < -0.4 is 10.6 Å². The van der Waals surface area contributed by atoms with Gasteiger partial charge in [0.15, 0.2) is 0 Å². The minimum Gasteiger partial charge on any atom is -0.469 e. The molecule has 0 aromatic rings. The highest BCUT2D eigenvalue weighted by molar-refractivity contribution is 5.84. The third-order valence-electron chi connectivity index (χ3n) is 3.49. The van der Waals surface area contributed by atoms with Crippen molar-refractivity contribution in [3.8, 4) is 0 Å². The largest absolute Gasteiger partial charge is 0.469 e. The summed E-state index contributed by atoms with van der Waals surface area (Å²) in [6.07, 6.45) is 1.77. The van der Waals surface area contributed by atoms with Crippen LogP contribution in [0.1, 0.15) is 19.3 Å². The molecule has 2 atom stereocenters. The van der Waals surface area contributed by atoms with Crippen LogP contribution in [-0.2, 0) is 14.3 Å². The molecule has 0 aromatic heterocycles. The summed E-state index contributed by atoms with van der Waals surface area (Å²) in [5, 5.41) is 6.06. The molecule has 2 rings (SSSR count). The van der Waals surface area contributed by atoms with Crippen molar-refractivity contribution in [1.29, 1.82) is 0 Å². The molecule has 0 spiro atoms. The Kier molecular flexibility index (Phi) is 2.65. The van der Waals surface area contributed by atoms with Crippen LogP contribution in [0, 0.1) is 5.41 Å². The van der Waals surface area contributed by atoms with Gasteiger partial charge in [0.2, 0.25) is 5.91 Å². The molecule has 2 fully saturated rings. The van der Waals surface area contributed by atoms with Crippen molar-refractivity contribution < 1.29 is 14.3 Å². The minimum atomic E-state index is -0.492. The predicted molar refractivity (Wildman–Crippen MR) is 53.1 cm³/mol. The second-order valence-corrected chi connectivity index (χ2v) is 4.22. The first-order chi connectivity index (χ1) is 7.19. The van der Waals surface area contributed by atoms with Gasteiger partial charge in [-0.05, 0) is 19.4 Å². The van der Waals surface area contributed by atoms with Gasteiger partial charge < -0.3 is 15.4 Å². The topological polar surface area (TPSA) is 67.4 Å². The molecule has 5 heteroatoms. The maximum absolute atomic E-state index is 11.8. The fraction of sp³-hybridized carbons (Fsp3) is 0.800. The highest BCUT2D eigenvalue weighted by Gasteiger charge is 2.50. The first kappa shape index (κ1) is 10.4. The molecule has 2 aliphatic rings. The van der Waals surface area contributed by atoms with E-state index in [9.17, 15) is 9.59 Å². The summed E-state index contributed by atoms with van der Waals surface area (Å²) in [5.74, 6) is -0.155. The molecule has 2 unspecified atom stereocenters. The molecular weight excluding hydrogens is 196 g/mol. The smallest absolute Gasteiger partial charge is 0.314 e. The zero-order chi connectivity index (χ0) is 10.9. The van der Waals surface area contributed by atoms with E-state index in [1.165, 1.54) is 7.11 Å². The summed E-state index contributed by atoms with van der Waals surface area (Å²) in [6, 6.07) is -0.111. The van der Waals surface area contributed by atoms with Crippen LogP contribution in [0.15, 0.2) is 0 Å². The van der Waals surface area contributed by atoms with Crippen molar-refractivity contribution in [2.75, 3.05) is 20.2 Å². The second kappa shape index (κ2) is 3.81. The van der Waals surface area contributed by atoms with Gasteiger partial charge in [-0.25, -0.2) is 0 Å². The lowest BCUT2D eigenvalue weighted by molar-refractivity contribution is -0.160. The molecule has 15 heavy (non-hydrogen) atoms. The van der Waals surface area contributed by atoms with E-state index in [1.807, 2.05) is 0 Å². The lowest BCUT2D eigenvalue weighted by Gasteiger charge is -2.45. The summed E-state index contributed by atoms with van der Waals surface area (Å²) in [7, 11) is 1.41. The highest BCUT2D eigenvalue weighted by atomic mass is 16.5. The van der Waals surface area contributed by atoms with Crippen LogP contribution in [0.5, 0.6) is 0 Å². The van der Waals surface area contributed by atoms with Crippen molar-refractivity contribution in [2.45, 2.75) is 25.3 Å². The van der Waals surface area contributed by atoms with Gasteiger partial charge in [-0.15, -0.1) is 0 Å². The predicted octanol–water partition coefficient (Wildman–Crippen LogP) is -0.582. The normalized spacial score (nSPS) is 35.3. The number of carbonyl (C=O) groups excluding carboxylic acids is 2. The van der Waals surface area contributed by atoms with Crippen LogP contribution in [0.3, 0.4) is 0 Å². The molecule has 0 bridgehead atoms. The van der Waals surface area contributed by atoms with E-state index in [2.05, 4.69) is 10.6 Å². The average molecular weight is 212 g/mol. The Labute approximate surface area is 88.5 Å². The average Bonchev–Trinajstić information content (AvgIpc) is 2.28. The Bertz CT molecular complexity index is 292. The fourth-order valence-corrected chi connectivity index (χ4v) is 2.57. The summed E-state index contributed by atoms with van der Waals surface area (Å²) < 4.78 is 4.87. The van der Waals surface area contributed by atoms with E-state index in [-0.39, 0.29) is 17.9 Å². The number of methoxy groups -OCH3 is 1. The molecule has 2 N–H and O–H groups in total. The fourth-order valence-electron chi connectivity index (χ4n) is 2.57. The van der Waals surface area contributed by atoms with Crippen molar-refractivity contribution in [3.63, 3.8) is 0 Å². The number of rotatable bonds is 1. The molecule has 2 heterocycles. The number of nitrogens with one attached hydrogen (secondary N) is 2. The summed E-state index contributed by atoms with van der Waals surface area (Å²) in [4.78, 5) is 23.1. The van der Waals surface area contributed by atoms with Gasteiger partial charge in [0, 0.05) is 13.0 Å². The number of piperidine rings is 2. The Morgan fingerprint density at radius 2 is 2.33 bits per heavy atom. The van der Waals surface area contributed by atoms with Crippen LogP contribution in [0.4, 0.5) is 0 Å². The minimum absolute atomic E-state index is 0.0308. The van der Waals surface area contributed by atoms with E-state index < -0.39 is 5.41 Å². The maximum Gasteiger partial charge on any atom is 0.314 e. The lowest BCUT2D eigenvalue weighted by Crippen LogP contribution is -2.63. The number of hydrogen-bond donors (Lipinski definition) is 2. The Morgan fingerprint density at radius 3 is 3.07 bits per heavy atom. The van der Waals surface area contributed by atoms with E-state index >= 15 is 0 Å². The van der Waals surface area contributed by atoms with E-state index in [0.29, 0.717) is 19.4 Å². The van der Waals surface area contributed by atoms with Crippen molar-refractivity contribution in [2.24, 2.45) is 5.41 Å². The third kappa shape index (κ3) is 1.61. The van der Waals surface area contributed by atoms with Crippen LogP contribution in [0.25, 0.3) is 0 Å². The molecular formula is C10H16N2O3. The summed E-state index contributed by atoms with van der Waals surface area (Å²) in [6.45, 7) is 1.46.